The van der Waals surface area contributed by atoms with Crippen molar-refractivity contribution >= 4 is 23.9 Å². The quantitative estimate of drug-likeness (QED) is 0.373. The summed E-state index contributed by atoms with van der Waals surface area (Å²) >= 11 is 0. The lowest BCUT2D eigenvalue weighted by molar-refractivity contribution is -0.150. The van der Waals surface area contributed by atoms with Crippen LogP contribution in [0.5, 0.6) is 0 Å². The Balaban J connectivity index is 1.92. The fourth-order valence-electron chi connectivity index (χ4n) is 4.94. The smallest absolute Gasteiger partial charge is 0.408 e. The zero-order valence-electron chi connectivity index (χ0n) is 24.2. The fourth-order valence-corrected chi connectivity index (χ4v) is 4.94. The van der Waals surface area contributed by atoms with Crippen LogP contribution in [0, 0.1) is 18.3 Å². The van der Waals surface area contributed by atoms with Gasteiger partial charge in [0.1, 0.15) is 23.2 Å². The van der Waals surface area contributed by atoms with Gasteiger partial charge in [-0.15, -0.1) is 11.7 Å². The highest BCUT2D eigenvalue weighted by Gasteiger charge is 2.62. The van der Waals surface area contributed by atoms with Gasteiger partial charge in [-0.3, -0.25) is 9.59 Å². The lowest BCUT2D eigenvalue weighted by atomic mass is 9.85. The first-order valence-electron chi connectivity index (χ1n) is 13.3. The minimum Gasteiger partial charge on any atom is -0.464 e. The van der Waals surface area contributed by atoms with Gasteiger partial charge in [-0.05, 0) is 46.5 Å². The average Bonchev–Trinajstić information content (AvgIpc) is 3.11. The van der Waals surface area contributed by atoms with Crippen LogP contribution in [-0.4, -0.2) is 80.1 Å². The van der Waals surface area contributed by atoms with Crippen molar-refractivity contribution in [1.29, 1.82) is 0 Å². The molecule has 5 atom stereocenters. The van der Waals surface area contributed by atoms with Crippen LogP contribution in [0.1, 0.15) is 73.0 Å². The van der Waals surface area contributed by atoms with Gasteiger partial charge in [0, 0.05) is 18.9 Å². The number of alkyl carbamates (subject to hydrolysis) is 1. The third-order valence-electron chi connectivity index (χ3n) is 7.02. The number of amides is 3. The largest absolute Gasteiger partial charge is 0.464 e. The van der Waals surface area contributed by atoms with Gasteiger partial charge >= 0.3 is 12.1 Å². The first-order valence-corrected chi connectivity index (χ1v) is 13.3. The normalized spacial score (nSPS) is 25.4. The summed E-state index contributed by atoms with van der Waals surface area (Å²) < 4.78 is 12.3. The number of nitrogens with zero attached hydrogens (tertiary/aromatic N) is 4. The van der Waals surface area contributed by atoms with Crippen LogP contribution in [-0.2, 0) is 23.9 Å². The summed E-state index contributed by atoms with van der Waals surface area (Å²) in [5.74, 6) is -1.71. The molecule has 1 aliphatic carbocycles. The Labute approximate surface area is 229 Å². The predicted molar refractivity (Wildman–Crippen MR) is 142 cm³/mol. The molecule has 2 N–H and O–H groups in total. The Morgan fingerprint density at radius 3 is 2.38 bits per heavy atom. The summed E-state index contributed by atoms with van der Waals surface area (Å²) in [5.41, 5.74) is -1.88. The van der Waals surface area contributed by atoms with E-state index in [2.05, 4.69) is 27.5 Å². The predicted octanol–water partition coefficient (Wildman–Crippen LogP) is 2.29. The van der Waals surface area contributed by atoms with Crippen molar-refractivity contribution in [3.63, 3.8) is 0 Å². The van der Waals surface area contributed by atoms with Gasteiger partial charge in [0.2, 0.25) is 11.8 Å². The van der Waals surface area contributed by atoms with Gasteiger partial charge in [0.25, 0.3) is 0 Å². The molecule has 0 unspecified atom stereocenters. The number of esters is 1. The molecule has 39 heavy (non-hydrogen) atoms. The molecular weight excluding hydrogens is 504 g/mol. The molecule has 1 aromatic heterocycles. The Hall–Kier alpha value is -3.44. The number of carbonyl (C=O) groups excluding carboxylic acids is 4. The second-order valence-corrected chi connectivity index (χ2v) is 12.4. The summed E-state index contributed by atoms with van der Waals surface area (Å²) in [5, 5.41) is 13.7. The summed E-state index contributed by atoms with van der Waals surface area (Å²) in [6, 6.07) is -2.24. The third-order valence-corrected chi connectivity index (χ3v) is 7.02. The van der Waals surface area contributed by atoms with Crippen LogP contribution < -0.4 is 10.6 Å². The molecular formula is C27H42N6O6. The van der Waals surface area contributed by atoms with Crippen LogP contribution in [0.3, 0.4) is 0 Å². The number of hydrogen-bond acceptors (Lipinski definition) is 8. The lowest BCUT2D eigenvalue weighted by Crippen LogP contribution is -2.59. The molecule has 0 bridgehead atoms. The van der Waals surface area contributed by atoms with Crippen molar-refractivity contribution in [2.75, 3.05) is 13.2 Å². The number of aromatic nitrogens is 3. The van der Waals surface area contributed by atoms with Crippen molar-refractivity contribution in [3.8, 4) is 0 Å². The standard InChI is InChI=1S/C27H42N6O6/c1-10-17-13-27(17,23(36)38-11-2)30-21(34)19-12-18(33-16(3)14-28-31-33)15-32(19)22(35)20(25(4,5)6)29-24(37)39-26(7,8)9/h10,14,17-20H,1,11-13,15H2,2-9H3,(H,29,37)(H,30,34)/t17-,18-,19+,20-,27-/m1/s1. The first-order chi connectivity index (χ1) is 18.0. The van der Waals surface area contributed by atoms with Crippen molar-refractivity contribution in [1.82, 2.24) is 30.5 Å². The molecule has 0 spiro atoms. The zero-order chi connectivity index (χ0) is 29.3. The topological polar surface area (TPSA) is 145 Å². The third kappa shape index (κ3) is 6.59. The van der Waals surface area contributed by atoms with Crippen molar-refractivity contribution < 1.29 is 28.7 Å². The van der Waals surface area contributed by atoms with Crippen molar-refractivity contribution in [2.45, 2.75) is 97.5 Å². The summed E-state index contributed by atoms with van der Waals surface area (Å²) in [6.45, 7) is 18.3. The monoisotopic (exact) mass is 546 g/mol. The van der Waals surface area contributed by atoms with Gasteiger partial charge in [0.15, 0.2) is 0 Å². The minimum atomic E-state index is -1.21. The van der Waals surface area contributed by atoms with E-state index in [4.69, 9.17) is 9.47 Å². The number of rotatable bonds is 8. The minimum absolute atomic E-state index is 0.168. The summed E-state index contributed by atoms with van der Waals surface area (Å²) in [7, 11) is 0. The second-order valence-electron chi connectivity index (χ2n) is 12.4. The van der Waals surface area contributed by atoms with Gasteiger partial charge in [0.05, 0.1) is 24.5 Å². The number of aryl methyl sites for hydroxylation is 1. The maximum Gasteiger partial charge on any atom is 0.408 e. The Bertz CT molecular complexity index is 1120. The van der Waals surface area contributed by atoms with E-state index in [9.17, 15) is 19.2 Å². The molecule has 1 saturated carbocycles. The van der Waals surface area contributed by atoms with E-state index in [0.29, 0.717) is 6.42 Å². The molecule has 216 valence electrons. The molecule has 1 aromatic rings. The van der Waals surface area contributed by atoms with Crippen LogP contribution in [0.4, 0.5) is 4.79 Å². The molecule has 0 radical (unpaired) electrons. The maximum absolute atomic E-state index is 14.1. The van der Waals surface area contributed by atoms with Crippen molar-refractivity contribution in [2.24, 2.45) is 11.3 Å². The molecule has 12 nitrogen and oxygen atoms in total. The van der Waals surface area contributed by atoms with E-state index in [1.165, 1.54) is 4.90 Å². The zero-order valence-corrected chi connectivity index (χ0v) is 24.2. The van der Waals surface area contributed by atoms with Gasteiger partial charge in [-0.2, -0.15) is 0 Å². The van der Waals surface area contributed by atoms with Gasteiger partial charge in [-0.25, -0.2) is 14.3 Å². The second kappa shape index (κ2) is 11.0. The first kappa shape index (κ1) is 30.1. The molecule has 2 aliphatic rings. The summed E-state index contributed by atoms with van der Waals surface area (Å²) in [6.07, 6.45) is 3.13. The molecule has 2 fully saturated rings. The number of likely N-dealkylation sites (tertiary alicyclic amines) is 1. The molecule has 12 heteroatoms. The lowest BCUT2D eigenvalue weighted by Gasteiger charge is -2.36. The van der Waals surface area contributed by atoms with Gasteiger partial charge in [-0.1, -0.05) is 32.1 Å². The van der Waals surface area contributed by atoms with Gasteiger partial charge < -0.3 is 25.0 Å². The van der Waals surface area contributed by atoms with Crippen LogP contribution in [0.2, 0.25) is 0 Å². The molecule has 2 heterocycles. The average molecular weight is 547 g/mol. The summed E-state index contributed by atoms with van der Waals surface area (Å²) in [4.78, 5) is 54.8. The van der Waals surface area contributed by atoms with E-state index in [1.807, 2.05) is 27.7 Å². The molecule has 1 aliphatic heterocycles. The van der Waals surface area contributed by atoms with Crippen LogP contribution in [0.25, 0.3) is 0 Å². The molecule has 1 saturated heterocycles. The van der Waals surface area contributed by atoms with E-state index in [1.54, 1.807) is 44.6 Å². The number of nitrogens with one attached hydrogen (secondary N) is 2. The van der Waals surface area contributed by atoms with Crippen LogP contribution >= 0.6 is 0 Å². The van der Waals surface area contributed by atoms with E-state index in [0.717, 1.165) is 5.69 Å². The Morgan fingerprint density at radius 2 is 1.90 bits per heavy atom. The SMILES string of the molecule is C=C[C@@H]1C[C@]1(NC(=O)[C@@H]1C[C@@H](n2nncc2C)CN1C(=O)[C@@H](NC(=O)OC(C)(C)C)C(C)(C)C)C(=O)OCC. The Morgan fingerprint density at radius 1 is 1.23 bits per heavy atom. The van der Waals surface area contributed by atoms with E-state index >= 15 is 0 Å². The highest BCUT2D eigenvalue weighted by Crippen LogP contribution is 2.46. The molecule has 3 rings (SSSR count). The number of hydrogen-bond donors (Lipinski definition) is 2. The fraction of sp³-hybridized carbons (Fsp3) is 0.704. The maximum atomic E-state index is 14.1. The molecule has 3 amide bonds. The molecule has 0 aromatic carbocycles. The Kier molecular flexibility index (Phi) is 8.47. The van der Waals surface area contributed by atoms with Crippen LogP contribution in [0.15, 0.2) is 18.9 Å². The highest BCUT2D eigenvalue weighted by molar-refractivity contribution is 5.96. The number of ether oxygens (including phenoxy) is 2. The van der Waals surface area contributed by atoms with Crippen molar-refractivity contribution in [3.05, 3.63) is 24.5 Å². The van der Waals surface area contributed by atoms with E-state index < -0.39 is 52.5 Å². The number of carbonyl (C=O) groups is 4. The highest BCUT2D eigenvalue weighted by atomic mass is 16.6. The van der Waals surface area contributed by atoms with E-state index in [-0.39, 0.29) is 31.5 Å².